The zero-order chi connectivity index (χ0) is 21.8. The molecule has 5 nitrogen and oxygen atoms in total. The van der Waals surface area contributed by atoms with E-state index < -0.39 is 0 Å². The quantitative estimate of drug-likeness (QED) is 0.521. The third-order valence-electron chi connectivity index (χ3n) is 6.07. The van der Waals surface area contributed by atoms with Gasteiger partial charge in [0.25, 0.3) is 0 Å². The van der Waals surface area contributed by atoms with Crippen LogP contribution in [-0.2, 0) is 11.2 Å². The van der Waals surface area contributed by atoms with Crippen LogP contribution in [0.25, 0.3) is 5.69 Å². The second kappa shape index (κ2) is 9.69. The normalized spacial score (nSPS) is 15.8. The summed E-state index contributed by atoms with van der Waals surface area (Å²) < 4.78 is 2.05. The Hall–Kier alpha value is -2.60. The summed E-state index contributed by atoms with van der Waals surface area (Å²) in [4.78, 5) is 15.2. The maximum atomic E-state index is 13.1. The minimum atomic E-state index is -0.197. The number of rotatable bonds is 6. The molecule has 1 aliphatic rings. The molecule has 6 heteroatoms. The molecule has 1 aliphatic heterocycles. The molecular formula is C25H30N4OS. The van der Waals surface area contributed by atoms with Gasteiger partial charge in [0.2, 0.25) is 5.91 Å². The summed E-state index contributed by atoms with van der Waals surface area (Å²) in [5.41, 5.74) is 3.61. The van der Waals surface area contributed by atoms with Gasteiger partial charge >= 0.3 is 0 Å². The summed E-state index contributed by atoms with van der Waals surface area (Å²) >= 11 is 1.50. The zero-order valence-electron chi connectivity index (χ0n) is 18.5. The maximum absolute atomic E-state index is 13.1. The Bertz CT molecular complexity index is 1030. The highest BCUT2D eigenvalue weighted by Gasteiger charge is 2.28. The largest absolute Gasteiger partial charge is 0.342 e. The van der Waals surface area contributed by atoms with Gasteiger partial charge in [0.05, 0.1) is 10.9 Å². The number of carbonyl (C=O) groups is 1. The lowest BCUT2D eigenvalue weighted by Crippen LogP contribution is -2.42. The van der Waals surface area contributed by atoms with Gasteiger partial charge in [-0.15, -0.1) is 10.2 Å². The Morgan fingerprint density at radius 1 is 1.03 bits per heavy atom. The first-order chi connectivity index (χ1) is 15.0. The molecule has 0 N–H and O–H groups in total. The predicted octanol–water partition coefficient (Wildman–Crippen LogP) is 4.85. The molecule has 3 aromatic rings. The molecule has 0 saturated carbocycles. The van der Waals surface area contributed by atoms with Gasteiger partial charge in [-0.2, -0.15) is 0 Å². The van der Waals surface area contributed by atoms with Crippen molar-refractivity contribution in [1.29, 1.82) is 0 Å². The summed E-state index contributed by atoms with van der Waals surface area (Å²) in [6, 6.07) is 18.9. The van der Waals surface area contributed by atoms with Gasteiger partial charge in [-0.3, -0.25) is 9.36 Å². The Morgan fingerprint density at radius 2 is 1.71 bits per heavy atom. The summed E-state index contributed by atoms with van der Waals surface area (Å²) in [5.74, 6) is 1.68. The molecule has 1 atom stereocenters. The van der Waals surface area contributed by atoms with Crippen LogP contribution in [0.4, 0.5) is 0 Å². The molecule has 4 rings (SSSR count). The first-order valence-electron chi connectivity index (χ1n) is 11.0. The summed E-state index contributed by atoms with van der Waals surface area (Å²) in [7, 11) is 0. The molecule has 2 heterocycles. The molecule has 1 amide bonds. The number of para-hydroxylation sites is 1. The molecule has 1 unspecified atom stereocenters. The maximum Gasteiger partial charge on any atom is 0.235 e. The lowest BCUT2D eigenvalue weighted by atomic mass is 9.90. The van der Waals surface area contributed by atoms with E-state index in [0.29, 0.717) is 5.92 Å². The lowest BCUT2D eigenvalue weighted by molar-refractivity contribution is -0.131. The topological polar surface area (TPSA) is 51.0 Å². The van der Waals surface area contributed by atoms with Gasteiger partial charge in [-0.25, -0.2) is 0 Å². The van der Waals surface area contributed by atoms with Crippen molar-refractivity contribution in [3.8, 4) is 5.69 Å². The van der Waals surface area contributed by atoms with Gasteiger partial charge in [0, 0.05) is 13.1 Å². The molecule has 1 saturated heterocycles. The van der Waals surface area contributed by atoms with Crippen LogP contribution in [-0.4, -0.2) is 43.9 Å². The SMILES string of the molecule is Cc1ccccc1-n1c(C)nnc1SC(C)C(=O)N1CCC(Cc2ccccc2)CC1. The number of likely N-dealkylation sites (tertiary alicyclic amines) is 1. The second-order valence-electron chi connectivity index (χ2n) is 8.37. The molecule has 0 spiro atoms. The number of benzene rings is 2. The summed E-state index contributed by atoms with van der Waals surface area (Å²) in [6.45, 7) is 7.69. The molecule has 2 aromatic carbocycles. The van der Waals surface area contributed by atoms with Gasteiger partial charge < -0.3 is 4.90 Å². The lowest BCUT2D eigenvalue weighted by Gasteiger charge is -2.33. The highest BCUT2D eigenvalue weighted by atomic mass is 32.2. The summed E-state index contributed by atoms with van der Waals surface area (Å²) in [5, 5.41) is 9.21. The van der Waals surface area contributed by atoms with Gasteiger partial charge in [-0.1, -0.05) is 60.3 Å². The number of amides is 1. The van der Waals surface area contributed by atoms with Crippen molar-refractivity contribution in [3.63, 3.8) is 0 Å². The highest BCUT2D eigenvalue weighted by molar-refractivity contribution is 8.00. The summed E-state index contributed by atoms with van der Waals surface area (Å²) in [6.07, 6.45) is 3.24. The van der Waals surface area contributed by atoms with E-state index in [1.807, 2.05) is 30.9 Å². The van der Waals surface area contributed by atoms with Crippen molar-refractivity contribution >= 4 is 17.7 Å². The molecular weight excluding hydrogens is 404 g/mol. The van der Waals surface area contributed by atoms with E-state index >= 15 is 0 Å². The van der Waals surface area contributed by atoms with Crippen LogP contribution in [0.1, 0.15) is 36.7 Å². The van der Waals surface area contributed by atoms with E-state index in [9.17, 15) is 4.79 Å². The average molecular weight is 435 g/mol. The van der Waals surface area contributed by atoms with E-state index in [-0.39, 0.29) is 11.2 Å². The fraction of sp³-hybridized carbons (Fsp3) is 0.400. The fourth-order valence-electron chi connectivity index (χ4n) is 4.28. The number of piperidine rings is 1. The average Bonchev–Trinajstić information content (AvgIpc) is 3.14. The molecule has 0 radical (unpaired) electrons. The number of nitrogens with zero attached hydrogens (tertiary/aromatic N) is 4. The monoisotopic (exact) mass is 434 g/mol. The highest BCUT2D eigenvalue weighted by Crippen LogP contribution is 2.29. The predicted molar refractivity (Wildman–Crippen MR) is 126 cm³/mol. The van der Waals surface area contributed by atoms with Gasteiger partial charge in [-0.05, 0) is 63.1 Å². The van der Waals surface area contributed by atoms with Crippen LogP contribution in [0.15, 0.2) is 59.8 Å². The van der Waals surface area contributed by atoms with Crippen molar-refractivity contribution in [2.45, 2.75) is 50.4 Å². The zero-order valence-corrected chi connectivity index (χ0v) is 19.3. The molecule has 0 aliphatic carbocycles. The smallest absolute Gasteiger partial charge is 0.235 e. The van der Waals surface area contributed by atoms with Crippen molar-refractivity contribution in [1.82, 2.24) is 19.7 Å². The standard InChI is InChI=1S/C25H30N4OS/c1-18-9-7-8-12-23(18)29-20(3)26-27-25(29)31-19(2)24(30)28-15-13-22(14-16-28)17-21-10-5-4-6-11-21/h4-12,19,22H,13-17H2,1-3H3. The van der Waals surface area contributed by atoms with Crippen molar-refractivity contribution in [2.75, 3.05) is 13.1 Å². The van der Waals surface area contributed by atoms with Gasteiger partial charge in [0.1, 0.15) is 5.82 Å². The molecule has 0 bridgehead atoms. The first kappa shape index (κ1) is 21.6. The number of thioether (sulfide) groups is 1. The van der Waals surface area contributed by atoms with E-state index in [1.54, 1.807) is 0 Å². The number of aromatic nitrogens is 3. The number of carbonyl (C=O) groups excluding carboxylic acids is 1. The molecule has 1 fully saturated rings. The van der Waals surface area contributed by atoms with Crippen LogP contribution in [0.3, 0.4) is 0 Å². The minimum Gasteiger partial charge on any atom is -0.342 e. The Morgan fingerprint density at radius 3 is 2.42 bits per heavy atom. The van der Waals surface area contributed by atoms with Crippen molar-refractivity contribution < 1.29 is 4.79 Å². The van der Waals surface area contributed by atoms with Crippen LogP contribution in [0, 0.1) is 19.8 Å². The Kier molecular flexibility index (Phi) is 6.76. The molecule has 31 heavy (non-hydrogen) atoms. The van der Waals surface area contributed by atoms with Crippen LogP contribution >= 0.6 is 11.8 Å². The minimum absolute atomic E-state index is 0.195. The fourth-order valence-corrected chi connectivity index (χ4v) is 5.27. The number of aryl methyl sites for hydroxylation is 2. The first-order valence-corrected chi connectivity index (χ1v) is 11.9. The van der Waals surface area contributed by atoms with E-state index in [0.717, 1.165) is 54.6 Å². The van der Waals surface area contributed by atoms with Crippen LogP contribution in [0.2, 0.25) is 0 Å². The third kappa shape index (κ3) is 5.01. The third-order valence-corrected chi connectivity index (χ3v) is 7.11. The van der Waals surface area contributed by atoms with Crippen molar-refractivity contribution in [2.24, 2.45) is 5.92 Å². The van der Waals surface area contributed by atoms with E-state index in [1.165, 1.54) is 17.3 Å². The number of hydrogen-bond donors (Lipinski definition) is 0. The van der Waals surface area contributed by atoms with E-state index in [2.05, 4.69) is 64.2 Å². The molecule has 162 valence electrons. The van der Waals surface area contributed by atoms with Gasteiger partial charge in [0.15, 0.2) is 5.16 Å². The molecule has 1 aromatic heterocycles. The van der Waals surface area contributed by atoms with Crippen LogP contribution < -0.4 is 0 Å². The Labute approximate surface area is 188 Å². The number of hydrogen-bond acceptors (Lipinski definition) is 4. The van der Waals surface area contributed by atoms with Crippen LogP contribution in [0.5, 0.6) is 0 Å². The Balaban J connectivity index is 1.37. The van der Waals surface area contributed by atoms with E-state index in [4.69, 9.17) is 0 Å². The second-order valence-corrected chi connectivity index (χ2v) is 9.68. The van der Waals surface area contributed by atoms with Crippen molar-refractivity contribution in [3.05, 3.63) is 71.5 Å².